The molecular formula is C25H35F2N3O2. The highest BCUT2D eigenvalue weighted by Crippen LogP contribution is 2.39. The summed E-state index contributed by atoms with van der Waals surface area (Å²) in [5.41, 5.74) is 1.95. The molecular weight excluding hydrogens is 412 g/mol. The van der Waals surface area contributed by atoms with Crippen molar-refractivity contribution < 1.29 is 18.6 Å². The van der Waals surface area contributed by atoms with Gasteiger partial charge in [-0.05, 0) is 50.4 Å². The van der Waals surface area contributed by atoms with Crippen LogP contribution in [0.25, 0.3) is 10.9 Å². The fraction of sp³-hybridized carbons (Fsp3) is 0.720. The van der Waals surface area contributed by atoms with Gasteiger partial charge < -0.3 is 9.84 Å². The van der Waals surface area contributed by atoms with Crippen molar-refractivity contribution in [3.63, 3.8) is 0 Å². The number of aliphatic hydroxyl groups excluding tert-OH is 1. The minimum atomic E-state index is -2.59. The van der Waals surface area contributed by atoms with Gasteiger partial charge in [-0.1, -0.05) is 26.7 Å². The number of hydrogen-bond acceptors (Lipinski definition) is 5. The molecule has 1 atom stereocenters. The van der Waals surface area contributed by atoms with Crippen LogP contribution in [0, 0.1) is 5.92 Å². The number of nitrogens with zero attached hydrogens (tertiary/aromatic N) is 3. The smallest absolute Gasteiger partial charge is 0.248 e. The number of ether oxygens (including phenoxy) is 1. The Morgan fingerprint density at radius 1 is 1.09 bits per heavy atom. The lowest BCUT2D eigenvalue weighted by Crippen LogP contribution is -2.31. The van der Waals surface area contributed by atoms with Crippen LogP contribution in [0.1, 0.15) is 95.4 Å². The molecule has 1 N–H and O–H groups in total. The van der Waals surface area contributed by atoms with E-state index in [1.807, 2.05) is 6.20 Å². The van der Waals surface area contributed by atoms with Crippen LogP contribution in [0.5, 0.6) is 5.88 Å². The van der Waals surface area contributed by atoms with E-state index in [0.29, 0.717) is 30.6 Å². The van der Waals surface area contributed by atoms with Crippen LogP contribution >= 0.6 is 0 Å². The zero-order chi connectivity index (χ0) is 22.7. The first-order valence-corrected chi connectivity index (χ1v) is 12.2. The quantitative estimate of drug-likeness (QED) is 0.566. The second-order valence-corrected chi connectivity index (χ2v) is 9.84. The van der Waals surface area contributed by atoms with Crippen LogP contribution in [0.3, 0.4) is 0 Å². The number of rotatable bonds is 7. The molecule has 2 aromatic rings. The van der Waals surface area contributed by atoms with Gasteiger partial charge in [-0.15, -0.1) is 0 Å². The van der Waals surface area contributed by atoms with Crippen molar-refractivity contribution in [2.24, 2.45) is 5.92 Å². The fourth-order valence-corrected chi connectivity index (χ4v) is 5.13. The Balaban J connectivity index is 1.64. The Hall–Kier alpha value is -1.89. The maximum Gasteiger partial charge on any atom is 0.248 e. The summed E-state index contributed by atoms with van der Waals surface area (Å²) >= 11 is 0. The number of halogens is 2. The van der Waals surface area contributed by atoms with Crippen molar-refractivity contribution >= 4 is 10.9 Å². The molecule has 0 radical (unpaired) electrons. The molecule has 0 amide bonds. The van der Waals surface area contributed by atoms with Gasteiger partial charge in [0.15, 0.2) is 0 Å². The van der Waals surface area contributed by atoms with Gasteiger partial charge in [0.05, 0.1) is 17.0 Å². The third kappa shape index (κ3) is 5.53. The standard InChI is InChI=1S/C25H35F2N3O2/c1-3-4-16(2)13-22-28-15-21-23(30-22)20(17-5-7-18(31)8-6-17)14-29-24(21)32-19-9-11-25(26,27)12-10-19/h14-19,31H,3-13H2,1-2H3. The van der Waals surface area contributed by atoms with Gasteiger partial charge in [-0.25, -0.2) is 23.7 Å². The first-order valence-electron chi connectivity index (χ1n) is 12.2. The Morgan fingerprint density at radius 2 is 1.81 bits per heavy atom. The summed E-state index contributed by atoms with van der Waals surface area (Å²) in [6.45, 7) is 4.41. The third-order valence-electron chi connectivity index (χ3n) is 7.05. The van der Waals surface area contributed by atoms with Crippen molar-refractivity contribution in [3.8, 4) is 5.88 Å². The molecule has 0 aromatic carbocycles. The topological polar surface area (TPSA) is 68.1 Å². The molecule has 7 heteroatoms. The molecule has 1 unspecified atom stereocenters. The summed E-state index contributed by atoms with van der Waals surface area (Å²) in [6.07, 6.45) is 9.99. The first kappa shape index (κ1) is 23.3. The molecule has 0 aliphatic heterocycles. The highest BCUT2D eigenvalue weighted by Gasteiger charge is 2.36. The van der Waals surface area contributed by atoms with Gasteiger partial charge in [-0.3, -0.25) is 0 Å². The van der Waals surface area contributed by atoms with E-state index in [0.717, 1.165) is 67.2 Å². The van der Waals surface area contributed by atoms with E-state index in [1.54, 1.807) is 6.20 Å². The van der Waals surface area contributed by atoms with Gasteiger partial charge in [0, 0.05) is 37.2 Å². The van der Waals surface area contributed by atoms with Crippen LogP contribution in [0.2, 0.25) is 0 Å². The highest BCUT2D eigenvalue weighted by atomic mass is 19.3. The number of fused-ring (bicyclic) bond motifs is 1. The predicted octanol–water partition coefficient (Wildman–Crippen LogP) is 5.98. The number of aromatic nitrogens is 3. The van der Waals surface area contributed by atoms with Gasteiger partial charge in [0.2, 0.25) is 11.8 Å². The maximum atomic E-state index is 13.6. The van der Waals surface area contributed by atoms with E-state index < -0.39 is 5.92 Å². The highest BCUT2D eigenvalue weighted by molar-refractivity contribution is 5.85. The Labute approximate surface area is 189 Å². The second-order valence-electron chi connectivity index (χ2n) is 9.84. The summed E-state index contributed by atoms with van der Waals surface area (Å²) in [5, 5.41) is 10.7. The van der Waals surface area contributed by atoms with E-state index in [1.165, 1.54) is 0 Å². The Kier molecular flexibility index (Phi) is 7.23. The van der Waals surface area contributed by atoms with Crippen LogP contribution in [-0.2, 0) is 6.42 Å². The Morgan fingerprint density at radius 3 is 2.50 bits per heavy atom. The van der Waals surface area contributed by atoms with E-state index >= 15 is 0 Å². The fourth-order valence-electron chi connectivity index (χ4n) is 5.13. The summed E-state index contributed by atoms with van der Waals surface area (Å²) in [6, 6.07) is 0. The van der Waals surface area contributed by atoms with Crippen LogP contribution < -0.4 is 4.74 Å². The van der Waals surface area contributed by atoms with Crippen molar-refractivity contribution in [1.82, 2.24) is 15.0 Å². The molecule has 5 nitrogen and oxygen atoms in total. The lowest BCUT2D eigenvalue weighted by atomic mass is 9.82. The van der Waals surface area contributed by atoms with E-state index in [2.05, 4.69) is 23.8 Å². The summed E-state index contributed by atoms with van der Waals surface area (Å²) in [7, 11) is 0. The van der Waals surface area contributed by atoms with E-state index in [4.69, 9.17) is 9.72 Å². The number of pyridine rings is 1. The van der Waals surface area contributed by atoms with Gasteiger partial charge in [0.1, 0.15) is 11.9 Å². The molecule has 0 bridgehead atoms. The van der Waals surface area contributed by atoms with Gasteiger partial charge in [0.25, 0.3) is 0 Å². The molecule has 2 aliphatic carbocycles. The molecule has 2 fully saturated rings. The minimum Gasteiger partial charge on any atom is -0.474 e. The summed E-state index contributed by atoms with van der Waals surface area (Å²) in [5.74, 6) is -0.510. The molecule has 32 heavy (non-hydrogen) atoms. The van der Waals surface area contributed by atoms with Crippen molar-refractivity contribution in [3.05, 3.63) is 23.8 Å². The van der Waals surface area contributed by atoms with Crippen molar-refractivity contribution in [1.29, 1.82) is 0 Å². The molecule has 2 heterocycles. The van der Waals surface area contributed by atoms with Gasteiger partial charge in [-0.2, -0.15) is 0 Å². The molecule has 2 aromatic heterocycles. The first-order chi connectivity index (χ1) is 15.3. The molecule has 2 saturated carbocycles. The monoisotopic (exact) mass is 447 g/mol. The van der Waals surface area contributed by atoms with Gasteiger partial charge >= 0.3 is 0 Å². The summed E-state index contributed by atoms with van der Waals surface area (Å²) < 4.78 is 33.2. The lowest BCUT2D eigenvalue weighted by molar-refractivity contribution is -0.0586. The SMILES string of the molecule is CCCC(C)Cc1ncc2c(OC3CCC(F)(F)CC3)ncc(C3CCC(O)CC3)c2n1. The number of hydrogen-bond donors (Lipinski definition) is 1. The molecule has 0 spiro atoms. The van der Waals surface area contributed by atoms with E-state index in [9.17, 15) is 13.9 Å². The Bertz CT molecular complexity index is 905. The largest absolute Gasteiger partial charge is 0.474 e. The van der Waals surface area contributed by atoms with Crippen LogP contribution in [0.15, 0.2) is 12.4 Å². The average Bonchev–Trinajstić information content (AvgIpc) is 2.76. The molecule has 0 saturated heterocycles. The third-order valence-corrected chi connectivity index (χ3v) is 7.05. The molecule has 176 valence electrons. The number of aliphatic hydroxyl groups is 1. The summed E-state index contributed by atoms with van der Waals surface area (Å²) in [4.78, 5) is 14.2. The van der Waals surface area contributed by atoms with E-state index in [-0.39, 0.29) is 25.0 Å². The average molecular weight is 448 g/mol. The van der Waals surface area contributed by atoms with Crippen molar-refractivity contribution in [2.45, 2.75) is 109 Å². The molecule has 4 rings (SSSR count). The predicted molar refractivity (Wildman–Crippen MR) is 120 cm³/mol. The zero-order valence-electron chi connectivity index (χ0n) is 19.2. The minimum absolute atomic E-state index is 0.145. The zero-order valence-corrected chi connectivity index (χ0v) is 19.2. The maximum absolute atomic E-state index is 13.6. The lowest BCUT2D eigenvalue weighted by Gasteiger charge is -2.29. The second kappa shape index (κ2) is 9.94. The van der Waals surface area contributed by atoms with Crippen LogP contribution in [0.4, 0.5) is 8.78 Å². The van der Waals surface area contributed by atoms with Crippen LogP contribution in [-0.4, -0.2) is 38.2 Å². The number of alkyl halides is 2. The normalized spacial score (nSPS) is 25.0. The van der Waals surface area contributed by atoms with Crippen molar-refractivity contribution in [2.75, 3.05) is 0 Å². The molecule has 2 aliphatic rings.